The van der Waals surface area contributed by atoms with Crippen molar-refractivity contribution in [3.63, 3.8) is 0 Å². The summed E-state index contributed by atoms with van der Waals surface area (Å²) < 4.78 is 1.24. The van der Waals surface area contributed by atoms with Crippen LogP contribution >= 0.6 is 11.3 Å². The van der Waals surface area contributed by atoms with Gasteiger partial charge >= 0.3 is 0 Å². The predicted octanol–water partition coefficient (Wildman–Crippen LogP) is 3.91. The molecule has 0 saturated heterocycles. The number of nitrogen functional groups attached to an aromatic ring is 1. The van der Waals surface area contributed by atoms with Crippen LogP contribution in [0.15, 0.2) is 48.5 Å². The number of hydrogen-bond donors (Lipinski definition) is 1. The van der Waals surface area contributed by atoms with Crippen LogP contribution in [0.4, 0.5) is 11.4 Å². The zero-order valence-electron chi connectivity index (χ0n) is 11.4. The number of aromatic nitrogens is 1. The first kappa shape index (κ1) is 12.9. The third-order valence-electron chi connectivity index (χ3n) is 3.28. The first-order chi connectivity index (χ1) is 9.76. The second kappa shape index (κ2) is 5.51. The van der Waals surface area contributed by atoms with Gasteiger partial charge in [-0.15, -0.1) is 11.3 Å². The Labute approximate surface area is 122 Å². The zero-order valence-corrected chi connectivity index (χ0v) is 12.2. The molecule has 0 fully saturated rings. The Balaban J connectivity index is 1.87. The number of anilines is 2. The Morgan fingerprint density at radius 3 is 2.75 bits per heavy atom. The SMILES string of the molecule is CCN(Cc1nc2ccccc2s1)c1cccc(N)c1. The molecule has 2 aromatic carbocycles. The van der Waals surface area contributed by atoms with Crippen LogP contribution in [0, 0.1) is 0 Å². The summed E-state index contributed by atoms with van der Waals surface area (Å²) in [6.45, 7) is 3.90. The van der Waals surface area contributed by atoms with Crippen LogP contribution in [0.3, 0.4) is 0 Å². The first-order valence-electron chi connectivity index (χ1n) is 6.71. The Morgan fingerprint density at radius 1 is 1.15 bits per heavy atom. The van der Waals surface area contributed by atoms with Gasteiger partial charge in [0.25, 0.3) is 0 Å². The summed E-state index contributed by atoms with van der Waals surface area (Å²) in [7, 11) is 0. The number of fused-ring (bicyclic) bond motifs is 1. The quantitative estimate of drug-likeness (QED) is 0.738. The summed E-state index contributed by atoms with van der Waals surface area (Å²) in [5.41, 5.74) is 8.89. The predicted molar refractivity (Wildman–Crippen MR) is 87.2 cm³/mol. The Kier molecular flexibility index (Phi) is 3.56. The van der Waals surface area contributed by atoms with E-state index in [1.165, 1.54) is 4.70 Å². The summed E-state index contributed by atoms with van der Waals surface area (Å²) in [5, 5.41) is 1.13. The molecule has 102 valence electrons. The average Bonchev–Trinajstić information content (AvgIpc) is 2.87. The van der Waals surface area contributed by atoms with Crippen LogP contribution in [0.25, 0.3) is 10.2 Å². The monoisotopic (exact) mass is 283 g/mol. The molecule has 0 aliphatic heterocycles. The summed E-state index contributed by atoms with van der Waals surface area (Å²) in [5.74, 6) is 0. The van der Waals surface area contributed by atoms with Crippen molar-refractivity contribution in [2.75, 3.05) is 17.2 Å². The molecule has 0 saturated carbocycles. The van der Waals surface area contributed by atoms with Crippen molar-refractivity contribution in [2.24, 2.45) is 0 Å². The maximum Gasteiger partial charge on any atom is 0.113 e. The van der Waals surface area contributed by atoms with Gasteiger partial charge in [-0.2, -0.15) is 0 Å². The van der Waals surface area contributed by atoms with Gasteiger partial charge in [0.2, 0.25) is 0 Å². The van der Waals surface area contributed by atoms with E-state index < -0.39 is 0 Å². The number of nitrogens with two attached hydrogens (primary N) is 1. The van der Waals surface area contributed by atoms with Crippen molar-refractivity contribution >= 4 is 32.9 Å². The van der Waals surface area contributed by atoms with E-state index >= 15 is 0 Å². The molecule has 3 aromatic rings. The van der Waals surface area contributed by atoms with Crippen molar-refractivity contribution in [2.45, 2.75) is 13.5 Å². The Morgan fingerprint density at radius 2 is 2.00 bits per heavy atom. The van der Waals surface area contributed by atoms with E-state index in [1.807, 2.05) is 24.3 Å². The minimum Gasteiger partial charge on any atom is -0.399 e. The van der Waals surface area contributed by atoms with Gasteiger partial charge in [-0.25, -0.2) is 4.98 Å². The average molecular weight is 283 g/mol. The molecule has 0 atom stereocenters. The van der Waals surface area contributed by atoms with E-state index in [0.29, 0.717) is 0 Å². The lowest BCUT2D eigenvalue weighted by atomic mass is 10.2. The second-order valence-electron chi connectivity index (χ2n) is 4.68. The van der Waals surface area contributed by atoms with Gasteiger partial charge < -0.3 is 10.6 Å². The molecule has 1 heterocycles. The maximum absolute atomic E-state index is 5.87. The molecule has 3 nitrogen and oxygen atoms in total. The summed E-state index contributed by atoms with van der Waals surface area (Å²) >= 11 is 1.76. The molecule has 3 rings (SSSR count). The highest BCUT2D eigenvalue weighted by molar-refractivity contribution is 7.18. The fourth-order valence-corrected chi connectivity index (χ4v) is 3.24. The molecule has 0 amide bonds. The van der Waals surface area contributed by atoms with E-state index in [-0.39, 0.29) is 0 Å². The summed E-state index contributed by atoms with van der Waals surface area (Å²) in [4.78, 5) is 6.98. The summed E-state index contributed by atoms with van der Waals surface area (Å²) in [6, 6.07) is 16.3. The summed E-state index contributed by atoms with van der Waals surface area (Å²) in [6.07, 6.45) is 0. The number of rotatable bonds is 4. The van der Waals surface area contributed by atoms with E-state index in [9.17, 15) is 0 Å². The van der Waals surface area contributed by atoms with Gasteiger partial charge in [0.15, 0.2) is 0 Å². The molecule has 0 unspecified atom stereocenters. The molecule has 20 heavy (non-hydrogen) atoms. The largest absolute Gasteiger partial charge is 0.399 e. The van der Waals surface area contributed by atoms with Gasteiger partial charge in [0.1, 0.15) is 5.01 Å². The Hall–Kier alpha value is -2.07. The molecule has 0 bridgehead atoms. The molecule has 0 radical (unpaired) electrons. The number of benzene rings is 2. The van der Waals surface area contributed by atoms with Gasteiger partial charge in [-0.05, 0) is 37.3 Å². The van der Waals surface area contributed by atoms with E-state index in [4.69, 9.17) is 10.7 Å². The molecule has 0 aliphatic rings. The van der Waals surface area contributed by atoms with Crippen molar-refractivity contribution < 1.29 is 0 Å². The topological polar surface area (TPSA) is 42.2 Å². The van der Waals surface area contributed by atoms with E-state index in [1.54, 1.807) is 11.3 Å². The van der Waals surface area contributed by atoms with E-state index in [2.05, 4.69) is 36.1 Å². The van der Waals surface area contributed by atoms with Crippen molar-refractivity contribution in [3.05, 3.63) is 53.5 Å². The van der Waals surface area contributed by atoms with Gasteiger partial charge in [0.05, 0.1) is 16.8 Å². The molecule has 2 N–H and O–H groups in total. The molecule has 0 spiro atoms. The fraction of sp³-hybridized carbons (Fsp3) is 0.188. The minimum absolute atomic E-state index is 0.797. The van der Waals surface area contributed by atoms with Crippen LogP contribution in [0.5, 0.6) is 0 Å². The fourth-order valence-electron chi connectivity index (χ4n) is 2.26. The minimum atomic E-state index is 0.797. The highest BCUT2D eigenvalue weighted by atomic mass is 32.1. The normalized spacial score (nSPS) is 10.8. The lowest BCUT2D eigenvalue weighted by Crippen LogP contribution is -2.21. The van der Waals surface area contributed by atoms with Gasteiger partial charge in [-0.1, -0.05) is 18.2 Å². The molecular formula is C16H17N3S. The number of thiazole rings is 1. The van der Waals surface area contributed by atoms with Crippen molar-refractivity contribution in [1.29, 1.82) is 0 Å². The molecule has 4 heteroatoms. The van der Waals surface area contributed by atoms with Gasteiger partial charge in [0, 0.05) is 17.9 Å². The maximum atomic E-state index is 5.87. The highest BCUT2D eigenvalue weighted by Crippen LogP contribution is 2.25. The number of nitrogens with zero attached hydrogens (tertiary/aromatic N) is 2. The van der Waals surface area contributed by atoms with Crippen LogP contribution in [-0.4, -0.2) is 11.5 Å². The van der Waals surface area contributed by atoms with Gasteiger partial charge in [-0.3, -0.25) is 0 Å². The van der Waals surface area contributed by atoms with Crippen molar-refractivity contribution in [1.82, 2.24) is 4.98 Å². The second-order valence-corrected chi connectivity index (χ2v) is 5.80. The highest BCUT2D eigenvalue weighted by Gasteiger charge is 2.09. The molecule has 1 aromatic heterocycles. The third kappa shape index (κ3) is 2.60. The van der Waals surface area contributed by atoms with Crippen molar-refractivity contribution in [3.8, 4) is 0 Å². The lowest BCUT2D eigenvalue weighted by Gasteiger charge is -2.22. The zero-order chi connectivity index (χ0) is 13.9. The van der Waals surface area contributed by atoms with E-state index in [0.717, 1.165) is 35.0 Å². The standard InChI is InChI=1S/C16H17N3S/c1-2-19(13-7-5-6-12(17)10-13)11-16-18-14-8-3-4-9-15(14)20-16/h3-10H,2,11,17H2,1H3. The van der Waals surface area contributed by atoms with Crippen LogP contribution in [-0.2, 0) is 6.54 Å². The molecular weight excluding hydrogens is 266 g/mol. The first-order valence-corrected chi connectivity index (χ1v) is 7.53. The third-order valence-corrected chi connectivity index (χ3v) is 4.30. The Bertz CT molecular complexity index is 687. The number of hydrogen-bond acceptors (Lipinski definition) is 4. The van der Waals surface area contributed by atoms with Crippen LogP contribution in [0.1, 0.15) is 11.9 Å². The van der Waals surface area contributed by atoms with Crippen LogP contribution < -0.4 is 10.6 Å². The lowest BCUT2D eigenvalue weighted by molar-refractivity contribution is 0.828. The number of para-hydroxylation sites is 1. The van der Waals surface area contributed by atoms with Crippen LogP contribution in [0.2, 0.25) is 0 Å². The smallest absolute Gasteiger partial charge is 0.113 e. The molecule has 0 aliphatic carbocycles.